The van der Waals surface area contributed by atoms with E-state index in [-0.39, 0.29) is 5.69 Å². The fraction of sp³-hybridized carbons (Fsp3) is 0.538. The minimum absolute atomic E-state index is 0.0706. The number of ether oxygens (including phenoxy) is 1. The molecule has 1 aromatic carbocycles. The third-order valence-corrected chi connectivity index (χ3v) is 3.46. The number of methoxy groups -OCH3 is 1. The van der Waals surface area contributed by atoms with Gasteiger partial charge in [0.25, 0.3) is 5.69 Å². The number of hydrogen-bond donors (Lipinski definition) is 1. The number of rotatable bonds is 5. The highest BCUT2D eigenvalue weighted by Gasteiger charge is 2.44. The van der Waals surface area contributed by atoms with Crippen LogP contribution in [-0.2, 0) is 6.54 Å². The normalized spacial score (nSPS) is 20.5. The summed E-state index contributed by atoms with van der Waals surface area (Å²) in [6, 6.07) is 5.35. The third kappa shape index (κ3) is 2.79. The smallest absolute Gasteiger partial charge is 0.273 e. The van der Waals surface area contributed by atoms with Gasteiger partial charge in [-0.05, 0) is 23.5 Å². The summed E-state index contributed by atoms with van der Waals surface area (Å²) in [7, 11) is 1.51. The van der Waals surface area contributed by atoms with E-state index in [1.807, 2.05) is 6.07 Å². The van der Waals surface area contributed by atoms with Crippen LogP contribution in [0.3, 0.4) is 0 Å². The summed E-state index contributed by atoms with van der Waals surface area (Å²) in [6.07, 6.45) is 1.15. The van der Waals surface area contributed by atoms with Crippen LogP contribution in [0.4, 0.5) is 5.69 Å². The number of hydrogen-bond acceptors (Lipinski definition) is 4. The SMILES string of the molecule is COc1cc(CNC2CC2(C)C)cc([N+](=O)[O-])c1. The highest BCUT2D eigenvalue weighted by molar-refractivity contribution is 5.42. The minimum atomic E-state index is -0.396. The Morgan fingerprint density at radius 3 is 2.67 bits per heavy atom. The molecule has 1 atom stereocenters. The lowest BCUT2D eigenvalue weighted by atomic mass is 10.1. The predicted molar refractivity (Wildman–Crippen MR) is 68.7 cm³/mol. The molecule has 0 bridgehead atoms. The Labute approximate surface area is 106 Å². The maximum atomic E-state index is 10.8. The summed E-state index contributed by atoms with van der Waals surface area (Å²) in [6.45, 7) is 5.05. The molecule has 5 heteroatoms. The van der Waals surface area contributed by atoms with Crippen LogP contribution < -0.4 is 10.1 Å². The first-order chi connectivity index (χ1) is 8.42. The molecule has 0 radical (unpaired) electrons. The lowest BCUT2D eigenvalue weighted by Crippen LogP contribution is -2.20. The van der Waals surface area contributed by atoms with Gasteiger partial charge in [-0.1, -0.05) is 13.8 Å². The molecule has 0 aliphatic heterocycles. The molecular formula is C13H18N2O3. The average molecular weight is 250 g/mol. The Bertz CT molecular complexity index is 471. The monoisotopic (exact) mass is 250 g/mol. The molecule has 0 spiro atoms. The maximum Gasteiger partial charge on any atom is 0.273 e. The maximum absolute atomic E-state index is 10.8. The fourth-order valence-electron chi connectivity index (χ4n) is 2.03. The predicted octanol–water partition coefficient (Wildman–Crippen LogP) is 2.49. The van der Waals surface area contributed by atoms with Crippen LogP contribution >= 0.6 is 0 Å². The lowest BCUT2D eigenvalue weighted by Gasteiger charge is -2.08. The Morgan fingerprint density at radius 2 is 2.17 bits per heavy atom. The zero-order valence-corrected chi connectivity index (χ0v) is 10.9. The molecule has 0 heterocycles. The van der Waals surface area contributed by atoms with Crippen LogP contribution in [0.5, 0.6) is 5.75 Å². The second-order valence-corrected chi connectivity index (χ2v) is 5.42. The first-order valence-electron chi connectivity index (χ1n) is 5.98. The van der Waals surface area contributed by atoms with Gasteiger partial charge < -0.3 is 10.1 Å². The van der Waals surface area contributed by atoms with Gasteiger partial charge in [-0.3, -0.25) is 10.1 Å². The van der Waals surface area contributed by atoms with Crippen molar-refractivity contribution in [3.63, 3.8) is 0 Å². The van der Waals surface area contributed by atoms with E-state index in [9.17, 15) is 10.1 Å². The van der Waals surface area contributed by atoms with Crippen LogP contribution in [-0.4, -0.2) is 18.1 Å². The molecule has 1 aliphatic carbocycles. The minimum Gasteiger partial charge on any atom is -0.496 e. The summed E-state index contributed by atoms with van der Waals surface area (Å²) in [5.74, 6) is 0.524. The lowest BCUT2D eigenvalue weighted by molar-refractivity contribution is -0.385. The second kappa shape index (κ2) is 4.57. The first-order valence-corrected chi connectivity index (χ1v) is 5.98. The molecule has 1 aromatic rings. The fourth-order valence-corrected chi connectivity index (χ4v) is 2.03. The zero-order chi connectivity index (χ0) is 13.3. The Balaban J connectivity index is 2.07. The number of nitro groups is 1. The van der Waals surface area contributed by atoms with Crippen LogP contribution in [0.15, 0.2) is 18.2 Å². The average Bonchev–Trinajstić information content (AvgIpc) is 2.94. The molecule has 5 nitrogen and oxygen atoms in total. The summed E-state index contributed by atoms with van der Waals surface area (Å²) in [5, 5.41) is 14.2. The molecule has 0 amide bonds. The van der Waals surface area contributed by atoms with Crippen molar-refractivity contribution in [1.29, 1.82) is 0 Å². The van der Waals surface area contributed by atoms with Gasteiger partial charge in [-0.2, -0.15) is 0 Å². The van der Waals surface area contributed by atoms with Crippen molar-refractivity contribution in [3.8, 4) is 5.75 Å². The van der Waals surface area contributed by atoms with Gasteiger partial charge in [-0.15, -0.1) is 0 Å². The van der Waals surface area contributed by atoms with Crippen molar-refractivity contribution in [2.75, 3.05) is 7.11 Å². The molecule has 1 fully saturated rings. The molecule has 2 rings (SSSR count). The van der Waals surface area contributed by atoms with E-state index >= 15 is 0 Å². The van der Waals surface area contributed by atoms with E-state index in [0.29, 0.717) is 23.8 Å². The van der Waals surface area contributed by atoms with Crippen LogP contribution in [0, 0.1) is 15.5 Å². The zero-order valence-electron chi connectivity index (χ0n) is 10.9. The Morgan fingerprint density at radius 1 is 1.50 bits per heavy atom. The summed E-state index contributed by atoms with van der Waals surface area (Å²) >= 11 is 0. The second-order valence-electron chi connectivity index (χ2n) is 5.42. The number of nitro benzene ring substituents is 1. The van der Waals surface area contributed by atoms with E-state index in [0.717, 1.165) is 12.0 Å². The number of nitrogens with zero attached hydrogens (tertiary/aromatic N) is 1. The highest BCUT2D eigenvalue weighted by atomic mass is 16.6. The molecule has 1 saturated carbocycles. The molecule has 98 valence electrons. The van der Waals surface area contributed by atoms with Crippen molar-refractivity contribution in [3.05, 3.63) is 33.9 Å². The van der Waals surface area contributed by atoms with Gasteiger partial charge in [0.1, 0.15) is 5.75 Å². The van der Waals surface area contributed by atoms with Crippen molar-refractivity contribution in [1.82, 2.24) is 5.32 Å². The van der Waals surface area contributed by atoms with Gasteiger partial charge in [0.05, 0.1) is 18.1 Å². The van der Waals surface area contributed by atoms with Crippen LogP contribution in [0.2, 0.25) is 0 Å². The standard InChI is InChI=1S/C13H18N2O3/c1-13(2)7-12(13)14-8-9-4-10(15(16)17)6-11(5-9)18-3/h4-6,12,14H,7-8H2,1-3H3. The van der Waals surface area contributed by atoms with Gasteiger partial charge >= 0.3 is 0 Å². The van der Waals surface area contributed by atoms with E-state index in [2.05, 4.69) is 19.2 Å². The van der Waals surface area contributed by atoms with E-state index in [1.54, 1.807) is 6.07 Å². The van der Waals surface area contributed by atoms with Crippen LogP contribution in [0.25, 0.3) is 0 Å². The van der Waals surface area contributed by atoms with E-state index in [4.69, 9.17) is 4.74 Å². The van der Waals surface area contributed by atoms with Crippen LogP contribution in [0.1, 0.15) is 25.8 Å². The van der Waals surface area contributed by atoms with Gasteiger partial charge in [0.2, 0.25) is 0 Å². The Hall–Kier alpha value is -1.62. The topological polar surface area (TPSA) is 64.4 Å². The molecule has 1 N–H and O–H groups in total. The van der Waals surface area contributed by atoms with E-state index < -0.39 is 4.92 Å². The van der Waals surface area contributed by atoms with Crippen molar-refractivity contribution in [2.24, 2.45) is 5.41 Å². The molecule has 0 aromatic heterocycles. The molecule has 18 heavy (non-hydrogen) atoms. The number of nitrogens with one attached hydrogen (secondary N) is 1. The number of benzene rings is 1. The highest BCUT2D eigenvalue weighted by Crippen LogP contribution is 2.44. The van der Waals surface area contributed by atoms with Crippen molar-refractivity contribution >= 4 is 5.69 Å². The van der Waals surface area contributed by atoms with Crippen molar-refractivity contribution < 1.29 is 9.66 Å². The molecule has 1 unspecified atom stereocenters. The summed E-state index contributed by atoms with van der Waals surface area (Å²) in [4.78, 5) is 10.4. The van der Waals surface area contributed by atoms with E-state index in [1.165, 1.54) is 13.2 Å². The largest absolute Gasteiger partial charge is 0.496 e. The first kappa shape index (κ1) is 12.8. The molecule has 1 aliphatic rings. The van der Waals surface area contributed by atoms with Gasteiger partial charge in [-0.25, -0.2) is 0 Å². The summed E-state index contributed by atoms with van der Waals surface area (Å²) in [5.41, 5.74) is 1.30. The quantitative estimate of drug-likeness (QED) is 0.644. The molecule has 0 saturated heterocycles. The van der Waals surface area contributed by atoms with Gasteiger partial charge in [0.15, 0.2) is 0 Å². The third-order valence-electron chi connectivity index (χ3n) is 3.46. The number of non-ortho nitro benzene ring substituents is 1. The summed E-state index contributed by atoms with van der Waals surface area (Å²) < 4.78 is 5.08. The molecular weight excluding hydrogens is 232 g/mol. The van der Waals surface area contributed by atoms with Gasteiger partial charge in [0, 0.05) is 18.7 Å². The van der Waals surface area contributed by atoms with Crippen molar-refractivity contribution in [2.45, 2.75) is 32.9 Å². The Kier molecular flexibility index (Phi) is 3.26.